The number of imidazole rings is 1. The summed E-state index contributed by atoms with van der Waals surface area (Å²) < 4.78 is 20.0. The van der Waals surface area contributed by atoms with Gasteiger partial charge >= 0.3 is 5.69 Å². The second kappa shape index (κ2) is 10.0. The normalized spacial score (nSPS) is 14.0. The first-order chi connectivity index (χ1) is 18.9. The molecule has 1 fully saturated rings. The third-order valence-electron chi connectivity index (χ3n) is 7.07. The van der Waals surface area contributed by atoms with Crippen LogP contribution in [0.15, 0.2) is 63.5 Å². The molecule has 5 aromatic rings. The molecule has 6 rings (SSSR count). The number of H-pyrrole nitrogens is 2. The Labute approximate surface area is 225 Å². The Bertz CT molecular complexity index is 1770. The van der Waals surface area contributed by atoms with Gasteiger partial charge in [0.05, 0.1) is 0 Å². The molecular weight excluding hydrogens is 521 g/mol. The number of nitrogens with one attached hydrogen (secondary N) is 2. The van der Waals surface area contributed by atoms with Gasteiger partial charge in [0.1, 0.15) is 17.2 Å². The number of aromatic nitrogens is 6. The molecule has 1 aliphatic rings. The zero-order valence-corrected chi connectivity index (χ0v) is 21.7. The number of carbonyl (C=O) groups excluding carboxylic acids is 1. The first kappa shape index (κ1) is 24.9. The molecule has 1 saturated carbocycles. The maximum absolute atomic E-state index is 14.7. The maximum Gasteiger partial charge on any atom is 0.330 e. The molecule has 0 saturated heterocycles. The van der Waals surface area contributed by atoms with Crippen molar-refractivity contribution in [2.24, 2.45) is 5.92 Å². The third-order valence-corrected chi connectivity index (χ3v) is 7.57. The Morgan fingerprint density at radius 1 is 1.15 bits per heavy atom. The van der Waals surface area contributed by atoms with Gasteiger partial charge in [0.25, 0.3) is 11.5 Å². The molecule has 2 N–H and O–H groups in total. The number of fused-ring (bicyclic) bond motifs is 1. The van der Waals surface area contributed by atoms with Gasteiger partial charge < -0.3 is 9.88 Å². The average Bonchev–Trinajstić information content (AvgIpc) is 3.39. The second-order valence-corrected chi connectivity index (χ2v) is 10.3. The highest BCUT2D eigenvalue weighted by molar-refractivity contribution is 7.03. The van der Waals surface area contributed by atoms with Crippen LogP contribution in [0.3, 0.4) is 0 Å². The van der Waals surface area contributed by atoms with Crippen LogP contribution in [-0.4, -0.2) is 42.1 Å². The number of carbonyl (C=O) groups is 1. The van der Waals surface area contributed by atoms with Crippen LogP contribution in [0.5, 0.6) is 0 Å². The summed E-state index contributed by atoms with van der Waals surface area (Å²) in [6, 6.07) is 13.8. The molecule has 0 radical (unpaired) electrons. The topological polar surface area (TPSA) is 130 Å². The van der Waals surface area contributed by atoms with Gasteiger partial charge in [-0.2, -0.15) is 0 Å². The van der Waals surface area contributed by atoms with Gasteiger partial charge in [-0.3, -0.25) is 19.1 Å². The number of nitrogens with zero attached hydrogens (tertiary/aromatic N) is 5. The van der Waals surface area contributed by atoms with Crippen LogP contribution in [0.4, 0.5) is 10.1 Å². The minimum absolute atomic E-state index is 0.211. The van der Waals surface area contributed by atoms with Gasteiger partial charge in [-0.05, 0) is 66.0 Å². The van der Waals surface area contributed by atoms with E-state index in [0.717, 1.165) is 29.9 Å². The van der Waals surface area contributed by atoms with Gasteiger partial charge in [-0.1, -0.05) is 34.8 Å². The standard InChI is InChI=1S/C27H24FN7O3S/c1-34(26(37)21-14-39-33-32-21)18-10-8-16(9-11-18)19(12-17-4-2-3-5-20(17)28)23-29-22-24(30-23)35(13-15-6-7-15)27(38)31-25(22)36/h2-5,8-11,14-15,19H,6-7,12-13H2,1H3,(H,29,30)(H,31,36,38). The van der Waals surface area contributed by atoms with Gasteiger partial charge in [0.15, 0.2) is 11.3 Å². The van der Waals surface area contributed by atoms with Crippen molar-refractivity contribution in [1.29, 1.82) is 0 Å². The number of hydrogen-bond donors (Lipinski definition) is 2. The predicted molar refractivity (Wildman–Crippen MR) is 145 cm³/mol. The quantitative estimate of drug-likeness (QED) is 0.307. The number of aromatic amines is 2. The van der Waals surface area contributed by atoms with E-state index >= 15 is 0 Å². The molecule has 1 amide bonds. The van der Waals surface area contributed by atoms with Crippen LogP contribution in [-0.2, 0) is 13.0 Å². The SMILES string of the molecule is CN(C(=O)c1csnn1)c1ccc(C(Cc2ccccc2F)c2nc3c([nH]2)c(=O)[nH]c(=O)n3CC2CC2)cc1. The van der Waals surface area contributed by atoms with E-state index in [1.807, 2.05) is 12.1 Å². The average molecular weight is 546 g/mol. The molecule has 198 valence electrons. The minimum Gasteiger partial charge on any atom is -0.336 e. The van der Waals surface area contributed by atoms with Crippen LogP contribution >= 0.6 is 11.5 Å². The molecule has 1 atom stereocenters. The lowest BCUT2D eigenvalue weighted by atomic mass is 9.91. The summed E-state index contributed by atoms with van der Waals surface area (Å²) in [7, 11) is 1.65. The summed E-state index contributed by atoms with van der Waals surface area (Å²) in [4.78, 5) is 49.7. The number of halogens is 1. The van der Waals surface area contributed by atoms with E-state index < -0.39 is 17.2 Å². The molecule has 2 aromatic carbocycles. The summed E-state index contributed by atoms with van der Waals surface area (Å²) in [6.45, 7) is 0.484. The van der Waals surface area contributed by atoms with Crippen molar-refractivity contribution in [3.8, 4) is 0 Å². The van der Waals surface area contributed by atoms with Gasteiger partial charge in [-0.15, -0.1) is 5.10 Å². The molecule has 0 bridgehead atoms. The predicted octanol–water partition coefficient (Wildman–Crippen LogP) is 3.46. The number of amides is 1. The lowest BCUT2D eigenvalue weighted by Gasteiger charge is -2.19. The highest BCUT2D eigenvalue weighted by atomic mass is 32.1. The Kier molecular flexibility index (Phi) is 6.39. The molecule has 1 aliphatic carbocycles. The van der Waals surface area contributed by atoms with Crippen LogP contribution in [0.25, 0.3) is 11.2 Å². The smallest absolute Gasteiger partial charge is 0.330 e. The summed E-state index contributed by atoms with van der Waals surface area (Å²) in [5.74, 6) is -0.264. The zero-order chi connectivity index (χ0) is 27.1. The van der Waals surface area contributed by atoms with Gasteiger partial charge in [0, 0.05) is 30.6 Å². The Hall–Kier alpha value is -4.45. The van der Waals surface area contributed by atoms with E-state index in [-0.39, 0.29) is 29.4 Å². The Morgan fingerprint density at radius 3 is 2.62 bits per heavy atom. The van der Waals surface area contributed by atoms with Crippen molar-refractivity contribution < 1.29 is 9.18 Å². The summed E-state index contributed by atoms with van der Waals surface area (Å²) in [5, 5.41) is 5.43. The minimum atomic E-state index is -0.544. The summed E-state index contributed by atoms with van der Waals surface area (Å²) >= 11 is 1.10. The van der Waals surface area contributed by atoms with Crippen LogP contribution in [0.1, 0.15) is 46.2 Å². The van der Waals surface area contributed by atoms with E-state index in [9.17, 15) is 18.8 Å². The number of rotatable bonds is 8. The number of benzene rings is 2. The maximum atomic E-state index is 14.7. The molecule has 10 nitrogen and oxygen atoms in total. The van der Waals surface area contributed by atoms with E-state index in [1.54, 1.807) is 42.8 Å². The molecule has 1 unspecified atom stereocenters. The summed E-state index contributed by atoms with van der Waals surface area (Å²) in [6.07, 6.45) is 2.32. The highest BCUT2D eigenvalue weighted by Crippen LogP contribution is 2.32. The largest absolute Gasteiger partial charge is 0.336 e. The Morgan fingerprint density at radius 2 is 1.92 bits per heavy atom. The fraction of sp³-hybridized carbons (Fsp3) is 0.259. The Balaban J connectivity index is 1.41. The fourth-order valence-electron chi connectivity index (χ4n) is 4.69. The first-order valence-corrected chi connectivity index (χ1v) is 13.3. The van der Waals surface area contributed by atoms with Crippen molar-refractivity contribution in [1.82, 2.24) is 29.1 Å². The first-order valence-electron chi connectivity index (χ1n) is 12.5. The fourth-order valence-corrected chi connectivity index (χ4v) is 5.12. The van der Waals surface area contributed by atoms with E-state index in [4.69, 9.17) is 4.98 Å². The number of anilines is 1. The van der Waals surface area contributed by atoms with Crippen molar-refractivity contribution >= 4 is 34.3 Å². The molecule has 3 heterocycles. The van der Waals surface area contributed by atoms with Gasteiger partial charge in [-0.25, -0.2) is 14.2 Å². The monoisotopic (exact) mass is 545 g/mol. The number of hydrogen-bond acceptors (Lipinski definition) is 7. The second-order valence-electron chi connectivity index (χ2n) is 9.73. The molecule has 39 heavy (non-hydrogen) atoms. The van der Waals surface area contributed by atoms with E-state index in [2.05, 4.69) is 19.6 Å². The molecular formula is C27H24FN7O3S. The molecule has 3 aromatic heterocycles. The highest BCUT2D eigenvalue weighted by Gasteiger charge is 2.27. The molecule has 0 spiro atoms. The van der Waals surface area contributed by atoms with Crippen LogP contribution in [0, 0.1) is 11.7 Å². The van der Waals surface area contributed by atoms with Crippen LogP contribution < -0.4 is 16.1 Å². The van der Waals surface area contributed by atoms with E-state index in [1.165, 1.54) is 15.5 Å². The van der Waals surface area contributed by atoms with E-state index in [0.29, 0.717) is 35.2 Å². The third kappa shape index (κ3) is 4.90. The molecule has 12 heteroatoms. The lowest BCUT2D eigenvalue weighted by Crippen LogP contribution is -2.30. The van der Waals surface area contributed by atoms with Crippen molar-refractivity contribution in [3.63, 3.8) is 0 Å². The van der Waals surface area contributed by atoms with Crippen molar-refractivity contribution in [2.45, 2.75) is 31.7 Å². The van der Waals surface area contributed by atoms with Crippen molar-refractivity contribution in [2.75, 3.05) is 11.9 Å². The molecule has 0 aliphatic heterocycles. The van der Waals surface area contributed by atoms with Gasteiger partial charge in [0.2, 0.25) is 0 Å². The van der Waals surface area contributed by atoms with Crippen LogP contribution in [0.2, 0.25) is 0 Å². The summed E-state index contributed by atoms with van der Waals surface area (Å²) in [5.41, 5.74) is 1.65. The lowest BCUT2D eigenvalue weighted by molar-refractivity contribution is 0.0988. The van der Waals surface area contributed by atoms with Crippen molar-refractivity contribution in [3.05, 3.63) is 103 Å². The zero-order valence-electron chi connectivity index (χ0n) is 20.9.